The SMILES string of the molecule is NCCCN(C(=O)NCC(F)(F)F)C1CCC1. The van der Waals surface area contributed by atoms with Gasteiger partial charge in [-0.3, -0.25) is 0 Å². The summed E-state index contributed by atoms with van der Waals surface area (Å²) in [5, 5.41) is 1.90. The molecule has 3 N–H and O–H groups in total. The Hall–Kier alpha value is -0.980. The first-order valence-electron chi connectivity index (χ1n) is 5.75. The van der Waals surface area contributed by atoms with E-state index in [9.17, 15) is 18.0 Å². The molecule has 2 amide bonds. The van der Waals surface area contributed by atoms with Gasteiger partial charge >= 0.3 is 12.2 Å². The fourth-order valence-corrected chi connectivity index (χ4v) is 1.69. The zero-order valence-electron chi connectivity index (χ0n) is 9.59. The van der Waals surface area contributed by atoms with Crippen LogP contribution >= 0.6 is 0 Å². The average molecular weight is 253 g/mol. The largest absolute Gasteiger partial charge is 0.405 e. The van der Waals surface area contributed by atoms with Gasteiger partial charge in [0, 0.05) is 12.6 Å². The van der Waals surface area contributed by atoms with Crippen molar-refractivity contribution in [1.82, 2.24) is 10.2 Å². The first-order chi connectivity index (χ1) is 7.94. The van der Waals surface area contributed by atoms with E-state index < -0.39 is 18.8 Å². The first-order valence-corrected chi connectivity index (χ1v) is 5.75. The molecular formula is C10H18F3N3O. The standard InChI is InChI=1S/C10H18F3N3O/c11-10(12,13)7-15-9(17)16(6-2-5-14)8-3-1-4-8/h8H,1-7,14H2,(H,15,17). The lowest BCUT2D eigenvalue weighted by Gasteiger charge is -2.37. The van der Waals surface area contributed by atoms with Crippen molar-refractivity contribution in [1.29, 1.82) is 0 Å². The van der Waals surface area contributed by atoms with Crippen LogP contribution in [0.4, 0.5) is 18.0 Å². The van der Waals surface area contributed by atoms with E-state index in [-0.39, 0.29) is 6.04 Å². The van der Waals surface area contributed by atoms with Crippen LogP contribution in [0.25, 0.3) is 0 Å². The third-order valence-corrected chi connectivity index (χ3v) is 2.82. The van der Waals surface area contributed by atoms with Gasteiger partial charge in [0.2, 0.25) is 0 Å². The Balaban J connectivity index is 2.41. The molecule has 0 aromatic heterocycles. The second kappa shape index (κ2) is 6.09. The van der Waals surface area contributed by atoms with Crippen LogP contribution in [0.15, 0.2) is 0 Å². The molecule has 100 valence electrons. The number of carbonyl (C=O) groups excluding carboxylic acids is 1. The molecule has 0 spiro atoms. The van der Waals surface area contributed by atoms with Gasteiger partial charge in [-0.2, -0.15) is 13.2 Å². The van der Waals surface area contributed by atoms with E-state index in [0.29, 0.717) is 19.5 Å². The lowest BCUT2D eigenvalue weighted by atomic mass is 9.91. The van der Waals surface area contributed by atoms with E-state index in [1.807, 2.05) is 5.32 Å². The number of rotatable bonds is 5. The van der Waals surface area contributed by atoms with Crippen LogP contribution in [0.5, 0.6) is 0 Å². The molecule has 0 aromatic carbocycles. The maximum atomic E-state index is 12.0. The molecule has 0 atom stereocenters. The Bertz CT molecular complexity index is 254. The molecule has 0 aliphatic heterocycles. The van der Waals surface area contributed by atoms with Crippen LogP contribution in [0, 0.1) is 0 Å². The number of hydrogen-bond donors (Lipinski definition) is 2. The molecule has 1 rings (SSSR count). The van der Waals surface area contributed by atoms with Crippen LogP contribution in [0.3, 0.4) is 0 Å². The highest BCUT2D eigenvalue weighted by Crippen LogP contribution is 2.25. The van der Waals surface area contributed by atoms with Crippen molar-refractivity contribution in [2.75, 3.05) is 19.6 Å². The van der Waals surface area contributed by atoms with Gasteiger partial charge in [-0.05, 0) is 32.2 Å². The summed E-state index contributed by atoms with van der Waals surface area (Å²) in [5.74, 6) is 0. The molecule has 1 fully saturated rings. The van der Waals surface area contributed by atoms with Crippen molar-refractivity contribution in [3.05, 3.63) is 0 Å². The van der Waals surface area contributed by atoms with E-state index in [4.69, 9.17) is 5.73 Å². The fourth-order valence-electron chi connectivity index (χ4n) is 1.69. The molecule has 0 radical (unpaired) electrons. The summed E-state index contributed by atoms with van der Waals surface area (Å²) in [6.45, 7) is -0.432. The van der Waals surface area contributed by atoms with Crippen molar-refractivity contribution in [3.63, 3.8) is 0 Å². The van der Waals surface area contributed by atoms with Gasteiger partial charge in [-0.25, -0.2) is 4.79 Å². The average Bonchev–Trinajstić information content (AvgIpc) is 2.16. The molecule has 1 saturated carbocycles. The van der Waals surface area contributed by atoms with Gasteiger partial charge in [0.15, 0.2) is 0 Å². The van der Waals surface area contributed by atoms with E-state index >= 15 is 0 Å². The lowest BCUT2D eigenvalue weighted by Crippen LogP contribution is -2.51. The summed E-state index contributed by atoms with van der Waals surface area (Å²) in [6.07, 6.45) is -1.00. The Morgan fingerprint density at radius 3 is 2.47 bits per heavy atom. The van der Waals surface area contributed by atoms with E-state index in [0.717, 1.165) is 19.3 Å². The minimum absolute atomic E-state index is 0.0785. The number of nitrogens with zero attached hydrogens (tertiary/aromatic N) is 1. The monoisotopic (exact) mass is 253 g/mol. The Morgan fingerprint density at radius 2 is 2.06 bits per heavy atom. The van der Waals surface area contributed by atoms with Gasteiger partial charge in [-0.15, -0.1) is 0 Å². The minimum Gasteiger partial charge on any atom is -0.330 e. The molecule has 0 saturated heterocycles. The van der Waals surface area contributed by atoms with Crippen LogP contribution < -0.4 is 11.1 Å². The molecule has 0 bridgehead atoms. The predicted molar refractivity (Wildman–Crippen MR) is 57.5 cm³/mol. The topological polar surface area (TPSA) is 58.4 Å². The summed E-state index contributed by atoms with van der Waals surface area (Å²) in [6, 6.07) is -0.560. The molecule has 1 aliphatic carbocycles. The fraction of sp³-hybridized carbons (Fsp3) is 0.900. The number of amides is 2. The van der Waals surface area contributed by atoms with Gasteiger partial charge in [0.1, 0.15) is 6.54 Å². The normalized spacial score (nSPS) is 16.5. The molecule has 0 unspecified atom stereocenters. The number of alkyl halides is 3. The van der Waals surface area contributed by atoms with Crippen molar-refractivity contribution in [2.24, 2.45) is 5.73 Å². The highest BCUT2D eigenvalue weighted by atomic mass is 19.4. The molecule has 7 heteroatoms. The number of hydrogen-bond acceptors (Lipinski definition) is 2. The third-order valence-electron chi connectivity index (χ3n) is 2.82. The molecular weight excluding hydrogens is 235 g/mol. The smallest absolute Gasteiger partial charge is 0.330 e. The Labute approximate surface area is 98.3 Å². The van der Waals surface area contributed by atoms with Crippen molar-refractivity contribution < 1.29 is 18.0 Å². The van der Waals surface area contributed by atoms with Crippen molar-refractivity contribution >= 4 is 6.03 Å². The second-order valence-corrected chi connectivity index (χ2v) is 4.19. The van der Waals surface area contributed by atoms with Gasteiger partial charge in [-0.1, -0.05) is 0 Å². The number of nitrogens with two attached hydrogens (primary N) is 1. The maximum Gasteiger partial charge on any atom is 0.405 e. The highest BCUT2D eigenvalue weighted by Gasteiger charge is 2.32. The summed E-state index contributed by atoms with van der Waals surface area (Å²) in [5.41, 5.74) is 5.34. The highest BCUT2D eigenvalue weighted by molar-refractivity contribution is 5.74. The Kier molecular flexibility index (Phi) is 5.04. The Morgan fingerprint density at radius 1 is 1.41 bits per heavy atom. The summed E-state index contributed by atoms with van der Waals surface area (Å²) >= 11 is 0. The van der Waals surface area contributed by atoms with Crippen LogP contribution in [0.1, 0.15) is 25.7 Å². The van der Waals surface area contributed by atoms with Gasteiger partial charge in [0.25, 0.3) is 0 Å². The first kappa shape index (κ1) is 14.1. The van der Waals surface area contributed by atoms with Crippen molar-refractivity contribution in [3.8, 4) is 0 Å². The number of urea groups is 1. The summed E-state index contributed by atoms with van der Waals surface area (Å²) in [4.78, 5) is 13.1. The molecule has 4 nitrogen and oxygen atoms in total. The zero-order chi connectivity index (χ0) is 12.9. The molecule has 17 heavy (non-hydrogen) atoms. The van der Waals surface area contributed by atoms with Gasteiger partial charge in [0.05, 0.1) is 0 Å². The van der Waals surface area contributed by atoms with Crippen LogP contribution in [-0.2, 0) is 0 Å². The van der Waals surface area contributed by atoms with Crippen molar-refractivity contribution in [2.45, 2.75) is 37.9 Å². The zero-order valence-corrected chi connectivity index (χ0v) is 9.59. The van der Waals surface area contributed by atoms with E-state index in [2.05, 4.69) is 0 Å². The van der Waals surface area contributed by atoms with E-state index in [1.165, 1.54) is 4.90 Å². The van der Waals surface area contributed by atoms with E-state index in [1.54, 1.807) is 0 Å². The summed E-state index contributed by atoms with van der Waals surface area (Å²) in [7, 11) is 0. The maximum absolute atomic E-state index is 12.0. The predicted octanol–water partition coefficient (Wildman–Crippen LogP) is 1.46. The van der Waals surface area contributed by atoms with Crippen LogP contribution in [-0.4, -0.2) is 42.8 Å². The molecule has 1 aliphatic rings. The number of halogens is 3. The number of carbonyl (C=O) groups is 1. The molecule has 0 heterocycles. The van der Waals surface area contributed by atoms with Crippen LogP contribution in [0.2, 0.25) is 0 Å². The lowest BCUT2D eigenvalue weighted by molar-refractivity contribution is -0.123. The van der Waals surface area contributed by atoms with Gasteiger partial charge < -0.3 is 16.0 Å². The number of nitrogens with one attached hydrogen (secondary N) is 1. The second-order valence-electron chi connectivity index (χ2n) is 4.19. The third kappa shape index (κ3) is 4.80. The molecule has 0 aromatic rings. The quantitative estimate of drug-likeness (QED) is 0.779. The minimum atomic E-state index is -4.37. The summed E-state index contributed by atoms with van der Waals surface area (Å²) < 4.78 is 35.9.